The van der Waals surface area contributed by atoms with E-state index in [1.54, 1.807) is 0 Å². The second-order valence-electron chi connectivity index (χ2n) is 14.4. The first-order chi connectivity index (χ1) is 21.9. The molecule has 4 heteroatoms. The highest BCUT2D eigenvalue weighted by molar-refractivity contribution is 4.85. The van der Waals surface area contributed by atoms with Crippen molar-refractivity contribution >= 4 is 0 Å². The van der Waals surface area contributed by atoms with Crippen molar-refractivity contribution in [1.82, 2.24) is 4.90 Å². The molecule has 4 nitrogen and oxygen atoms in total. The first-order valence-corrected chi connectivity index (χ1v) is 20.6. The monoisotopic (exact) mass is 642 g/mol. The van der Waals surface area contributed by atoms with E-state index in [0.717, 1.165) is 0 Å². The van der Waals surface area contributed by atoms with Crippen LogP contribution < -0.4 is 0 Å². The van der Waals surface area contributed by atoms with Gasteiger partial charge in [0.05, 0.1) is 13.2 Å². The molecule has 0 aliphatic rings. The molecule has 0 amide bonds. The van der Waals surface area contributed by atoms with Crippen LogP contribution in [-0.2, 0) is 0 Å². The van der Waals surface area contributed by atoms with E-state index >= 15 is 0 Å². The zero-order chi connectivity index (χ0) is 33.7. The van der Waals surface area contributed by atoms with Gasteiger partial charge in [0.15, 0.2) is 0 Å². The number of aliphatic hydroxyl groups is 3. The molecule has 3 N–H and O–H groups in total. The van der Waals surface area contributed by atoms with Gasteiger partial charge in [-0.1, -0.05) is 207 Å². The number of aliphatic hydroxyl groups excluding tert-OH is 3. The van der Waals surface area contributed by atoms with E-state index in [0.29, 0.717) is 5.54 Å². The molecule has 274 valence electrons. The van der Waals surface area contributed by atoms with E-state index in [-0.39, 0.29) is 13.2 Å². The SMILES string of the molecule is CCCCCCCCCCCCCCCCC(C)(CCCCCCCCCCCCCCCC)N(CC)CC.OCC(O)CO. The van der Waals surface area contributed by atoms with Gasteiger partial charge in [0, 0.05) is 5.54 Å². The predicted molar refractivity (Wildman–Crippen MR) is 201 cm³/mol. The van der Waals surface area contributed by atoms with Crippen LogP contribution in [0.3, 0.4) is 0 Å². The van der Waals surface area contributed by atoms with Crippen molar-refractivity contribution in [3.05, 3.63) is 0 Å². The van der Waals surface area contributed by atoms with E-state index in [2.05, 4.69) is 39.5 Å². The summed E-state index contributed by atoms with van der Waals surface area (Å²) in [6.45, 7) is 13.7. The van der Waals surface area contributed by atoms with E-state index in [4.69, 9.17) is 15.3 Å². The van der Waals surface area contributed by atoms with Crippen molar-refractivity contribution in [1.29, 1.82) is 0 Å². The maximum absolute atomic E-state index is 8.17. The third-order valence-electron chi connectivity index (χ3n) is 10.1. The predicted octanol–water partition coefficient (Wildman–Crippen LogP) is 12.2. The molecule has 45 heavy (non-hydrogen) atoms. The molecule has 0 atom stereocenters. The van der Waals surface area contributed by atoms with Crippen LogP contribution in [0.4, 0.5) is 0 Å². The van der Waals surface area contributed by atoms with E-state index in [1.807, 2.05) is 0 Å². The van der Waals surface area contributed by atoms with Gasteiger partial charge in [0.1, 0.15) is 6.10 Å². The van der Waals surface area contributed by atoms with Crippen LogP contribution in [0.5, 0.6) is 0 Å². The summed E-state index contributed by atoms with van der Waals surface area (Å²) in [7, 11) is 0. The highest BCUT2D eigenvalue weighted by atomic mass is 16.3. The minimum Gasteiger partial charge on any atom is -0.394 e. The maximum atomic E-state index is 8.17. The largest absolute Gasteiger partial charge is 0.394 e. The Bertz CT molecular complexity index is 489. The minimum absolute atomic E-state index is 0.365. The van der Waals surface area contributed by atoms with Crippen LogP contribution in [0.25, 0.3) is 0 Å². The molecule has 0 saturated carbocycles. The van der Waals surface area contributed by atoms with Gasteiger partial charge < -0.3 is 15.3 Å². The number of hydrogen-bond donors (Lipinski definition) is 3. The minimum atomic E-state index is -0.954. The lowest BCUT2D eigenvalue weighted by molar-refractivity contribution is 0.0450. The fourth-order valence-corrected chi connectivity index (χ4v) is 6.89. The van der Waals surface area contributed by atoms with Gasteiger partial charge in [-0.15, -0.1) is 0 Å². The molecule has 0 aromatic heterocycles. The molecule has 0 saturated heterocycles. The number of unbranched alkanes of at least 4 members (excludes halogenated alkanes) is 26. The molecular weight excluding hydrogens is 554 g/mol. The zero-order valence-electron chi connectivity index (χ0n) is 31.9. The lowest BCUT2D eigenvalue weighted by Crippen LogP contribution is -2.46. The standard InChI is InChI=1S/C38H79N.C3H8O3/c1-6-10-12-14-16-18-20-22-24-26-28-30-32-34-36-38(5,39(8-3)9-4)37-35-33-31-29-27-25-23-21-19-17-15-13-11-7-2;4-1-3(6)2-5/h6-37H2,1-5H3;3-6H,1-2H2. The molecule has 0 fully saturated rings. The number of hydrogen-bond acceptors (Lipinski definition) is 4. The molecule has 0 aliphatic carbocycles. The van der Waals surface area contributed by atoms with Gasteiger partial charge in [-0.2, -0.15) is 0 Å². The van der Waals surface area contributed by atoms with Crippen molar-refractivity contribution in [2.24, 2.45) is 0 Å². The summed E-state index contributed by atoms with van der Waals surface area (Å²) in [5.74, 6) is 0. The second-order valence-corrected chi connectivity index (χ2v) is 14.4. The van der Waals surface area contributed by atoms with Crippen LogP contribution in [0, 0.1) is 0 Å². The number of nitrogens with zero attached hydrogens (tertiary/aromatic N) is 1. The molecule has 0 aromatic rings. The van der Waals surface area contributed by atoms with Crippen LogP contribution in [0.2, 0.25) is 0 Å². The summed E-state index contributed by atoms with van der Waals surface area (Å²) in [4.78, 5) is 2.78. The summed E-state index contributed by atoms with van der Waals surface area (Å²) in [5.41, 5.74) is 0.428. The average molecular weight is 642 g/mol. The molecule has 0 unspecified atom stereocenters. The van der Waals surface area contributed by atoms with E-state index in [9.17, 15) is 0 Å². The molecule has 0 spiro atoms. The van der Waals surface area contributed by atoms with Gasteiger partial charge in [-0.25, -0.2) is 0 Å². The molecular formula is C41H87NO3. The second kappa shape index (κ2) is 38.3. The quantitative estimate of drug-likeness (QED) is 0.0602. The van der Waals surface area contributed by atoms with Crippen LogP contribution >= 0.6 is 0 Å². The van der Waals surface area contributed by atoms with E-state index < -0.39 is 6.10 Å². The Morgan fingerprint density at radius 2 is 0.622 bits per heavy atom. The van der Waals surface area contributed by atoms with Crippen molar-refractivity contribution in [3.8, 4) is 0 Å². The number of rotatable bonds is 35. The summed E-state index contributed by atoms with van der Waals surface area (Å²) >= 11 is 0. The lowest BCUT2D eigenvalue weighted by atomic mass is 9.86. The molecule has 0 rings (SSSR count). The molecule has 0 bridgehead atoms. The highest BCUT2D eigenvalue weighted by Gasteiger charge is 2.28. The fraction of sp³-hybridized carbons (Fsp3) is 1.00. The molecule has 0 aliphatic heterocycles. The average Bonchev–Trinajstić information content (AvgIpc) is 3.05. The van der Waals surface area contributed by atoms with Crippen LogP contribution in [0.1, 0.15) is 227 Å². The third kappa shape index (κ3) is 33.5. The van der Waals surface area contributed by atoms with Crippen molar-refractivity contribution in [3.63, 3.8) is 0 Å². The smallest absolute Gasteiger partial charge is 0.100 e. The summed E-state index contributed by atoms with van der Waals surface area (Å²) in [5, 5.41) is 24.0. The van der Waals surface area contributed by atoms with Crippen molar-refractivity contribution in [2.45, 2.75) is 239 Å². The van der Waals surface area contributed by atoms with Crippen LogP contribution in [-0.4, -0.2) is 58.2 Å². The Morgan fingerprint density at radius 1 is 0.400 bits per heavy atom. The normalized spacial score (nSPS) is 11.9. The summed E-state index contributed by atoms with van der Waals surface area (Å²) < 4.78 is 0. The van der Waals surface area contributed by atoms with Crippen molar-refractivity contribution in [2.75, 3.05) is 26.3 Å². The van der Waals surface area contributed by atoms with Gasteiger partial charge in [-0.05, 0) is 32.9 Å². The third-order valence-corrected chi connectivity index (χ3v) is 10.1. The Morgan fingerprint density at radius 3 is 0.800 bits per heavy atom. The van der Waals surface area contributed by atoms with Gasteiger partial charge in [0.25, 0.3) is 0 Å². The summed E-state index contributed by atoms with van der Waals surface area (Å²) in [6.07, 6.45) is 42.7. The van der Waals surface area contributed by atoms with Crippen LogP contribution in [0.15, 0.2) is 0 Å². The lowest BCUT2D eigenvalue weighted by Gasteiger charge is -2.41. The Balaban J connectivity index is 0. The van der Waals surface area contributed by atoms with Gasteiger partial charge >= 0.3 is 0 Å². The van der Waals surface area contributed by atoms with Gasteiger partial charge in [-0.3, -0.25) is 4.90 Å². The maximum Gasteiger partial charge on any atom is 0.100 e. The zero-order valence-corrected chi connectivity index (χ0v) is 31.9. The Hall–Kier alpha value is -0.160. The Kier molecular flexibility index (Phi) is 40.0. The summed E-state index contributed by atoms with van der Waals surface area (Å²) in [6, 6.07) is 0. The Labute approximate surface area is 284 Å². The fourth-order valence-electron chi connectivity index (χ4n) is 6.89. The highest BCUT2D eigenvalue weighted by Crippen LogP contribution is 2.29. The van der Waals surface area contributed by atoms with Crippen molar-refractivity contribution < 1.29 is 15.3 Å². The van der Waals surface area contributed by atoms with Gasteiger partial charge in [0.2, 0.25) is 0 Å². The first kappa shape index (κ1) is 47.0. The first-order valence-electron chi connectivity index (χ1n) is 20.6. The molecule has 0 aromatic carbocycles. The topological polar surface area (TPSA) is 63.9 Å². The molecule has 0 heterocycles. The molecule has 0 radical (unpaired) electrons. The van der Waals surface area contributed by atoms with E-state index in [1.165, 1.54) is 206 Å².